The van der Waals surface area contributed by atoms with Crippen LogP contribution in [0, 0.1) is 5.82 Å². The highest BCUT2D eigenvalue weighted by molar-refractivity contribution is 5.38. The van der Waals surface area contributed by atoms with Crippen LogP contribution in [0.3, 0.4) is 0 Å². The molecule has 0 aromatic heterocycles. The van der Waals surface area contributed by atoms with Gasteiger partial charge in [-0.3, -0.25) is 4.90 Å². The Labute approximate surface area is 120 Å². The van der Waals surface area contributed by atoms with E-state index < -0.39 is 0 Å². The van der Waals surface area contributed by atoms with Gasteiger partial charge in [0.25, 0.3) is 0 Å². The molecule has 1 aromatic rings. The van der Waals surface area contributed by atoms with Crippen molar-refractivity contribution in [2.45, 2.75) is 44.7 Å². The molecule has 20 heavy (non-hydrogen) atoms. The second kappa shape index (κ2) is 6.10. The summed E-state index contributed by atoms with van der Waals surface area (Å²) in [6, 6.07) is 4.26. The van der Waals surface area contributed by atoms with Crippen LogP contribution < -0.4 is 10.5 Å². The fourth-order valence-corrected chi connectivity index (χ4v) is 3.00. The smallest absolute Gasteiger partial charge is 0.123 e. The fourth-order valence-electron chi connectivity index (χ4n) is 3.00. The Morgan fingerprint density at radius 1 is 1.25 bits per heavy atom. The molecule has 1 atom stereocenters. The summed E-state index contributed by atoms with van der Waals surface area (Å²) >= 11 is 0. The Morgan fingerprint density at radius 3 is 2.50 bits per heavy atom. The number of benzene rings is 1. The van der Waals surface area contributed by atoms with E-state index >= 15 is 0 Å². The zero-order valence-corrected chi connectivity index (χ0v) is 12.7. The average molecular weight is 280 g/mol. The van der Waals surface area contributed by atoms with Gasteiger partial charge in [-0.25, -0.2) is 4.39 Å². The highest BCUT2D eigenvalue weighted by Crippen LogP contribution is 2.35. The lowest BCUT2D eigenvalue weighted by molar-refractivity contribution is 0.0721. The molecule has 0 amide bonds. The molecule has 3 nitrogen and oxygen atoms in total. The number of rotatable bonds is 4. The lowest BCUT2D eigenvalue weighted by Crippen LogP contribution is -2.53. The van der Waals surface area contributed by atoms with E-state index in [9.17, 15) is 4.39 Å². The fraction of sp³-hybridized carbons (Fsp3) is 0.625. The van der Waals surface area contributed by atoms with Gasteiger partial charge < -0.3 is 10.5 Å². The highest BCUT2D eigenvalue weighted by Gasteiger charge is 2.36. The van der Waals surface area contributed by atoms with Crippen molar-refractivity contribution in [3.05, 3.63) is 29.6 Å². The van der Waals surface area contributed by atoms with Crippen molar-refractivity contribution < 1.29 is 9.13 Å². The number of hydrogen-bond donors (Lipinski definition) is 1. The van der Waals surface area contributed by atoms with E-state index in [0.29, 0.717) is 5.75 Å². The maximum Gasteiger partial charge on any atom is 0.123 e. The molecule has 0 saturated carbocycles. The minimum absolute atomic E-state index is 0.221. The van der Waals surface area contributed by atoms with Crippen molar-refractivity contribution in [1.82, 2.24) is 4.90 Å². The van der Waals surface area contributed by atoms with Gasteiger partial charge in [0.15, 0.2) is 0 Å². The van der Waals surface area contributed by atoms with E-state index in [2.05, 4.69) is 18.7 Å². The molecule has 1 saturated heterocycles. The number of piperidine rings is 1. The van der Waals surface area contributed by atoms with Gasteiger partial charge in [-0.05, 0) is 58.0 Å². The number of hydrogen-bond acceptors (Lipinski definition) is 3. The summed E-state index contributed by atoms with van der Waals surface area (Å²) in [7, 11) is 1.59. The summed E-state index contributed by atoms with van der Waals surface area (Å²) < 4.78 is 18.9. The van der Waals surface area contributed by atoms with Gasteiger partial charge in [-0.1, -0.05) is 6.42 Å². The number of likely N-dealkylation sites (tertiary alicyclic amines) is 1. The van der Waals surface area contributed by atoms with E-state index in [-0.39, 0.29) is 17.4 Å². The molecule has 1 aliphatic heterocycles. The average Bonchev–Trinajstić information content (AvgIpc) is 2.47. The normalized spacial score (nSPS) is 18.9. The van der Waals surface area contributed by atoms with Crippen LogP contribution in [0.2, 0.25) is 0 Å². The van der Waals surface area contributed by atoms with Crippen LogP contribution in [-0.2, 0) is 0 Å². The van der Waals surface area contributed by atoms with Crippen molar-refractivity contribution in [3.63, 3.8) is 0 Å². The van der Waals surface area contributed by atoms with Gasteiger partial charge >= 0.3 is 0 Å². The van der Waals surface area contributed by atoms with Crippen LogP contribution in [0.15, 0.2) is 18.2 Å². The van der Waals surface area contributed by atoms with Gasteiger partial charge in [-0.15, -0.1) is 0 Å². The molecule has 0 radical (unpaired) electrons. The first-order valence-electron chi connectivity index (χ1n) is 7.31. The van der Waals surface area contributed by atoms with Crippen LogP contribution in [-0.4, -0.2) is 30.6 Å². The molecular weight excluding hydrogens is 255 g/mol. The molecule has 112 valence electrons. The first-order valence-corrected chi connectivity index (χ1v) is 7.31. The van der Waals surface area contributed by atoms with E-state index in [4.69, 9.17) is 10.5 Å². The number of ether oxygens (including phenoxy) is 1. The molecule has 1 unspecified atom stereocenters. The second-order valence-corrected chi connectivity index (χ2v) is 6.07. The van der Waals surface area contributed by atoms with Gasteiger partial charge in [0.2, 0.25) is 0 Å². The van der Waals surface area contributed by atoms with Crippen LogP contribution in [0.1, 0.15) is 44.7 Å². The van der Waals surface area contributed by atoms with E-state index in [1.807, 2.05) is 0 Å². The molecule has 0 spiro atoms. The largest absolute Gasteiger partial charge is 0.496 e. The molecular formula is C16H25FN2O. The molecule has 0 aliphatic carbocycles. The maximum atomic E-state index is 13.5. The second-order valence-electron chi connectivity index (χ2n) is 6.07. The first kappa shape index (κ1) is 15.3. The predicted molar refractivity (Wildman–Crippen MR) is 79.4 cm³/mol. The van der Waals surface area contributed by atoms with Crippen LogP contribution in [0.25, 0.3) is 0 Å². The molecule has 2 rings (SSSR count). The standard InChI is InChI=1S/C16H25FN2O/c1-16(2,19-9-5-4-6-10-19)15(18)13-11-12(17)7-8-14(13)20-3/h7-8,11,15H,4-6,9-10,18H2,1-3H3. The van der Waals surface area contributed by atoms with Gasteiger partial charge in [0.1, 0.15) is 11.6 Å². The van der Waals surface area contributed by atoms with E-state index in [1.165, 1.54) is 31.4 Å². The van der Waals surface area contributed by atoms with Crippen molar-refractivity contribution in [3.8, 4) is 5.75 Å². The number of halogens is 1. The summed E-state index contributed by atoms with van der Waals surface area (Å²) in [6.07, 6.45) is 3.69. The Kier molecular flexibility index (Phi) is 4.66. The Balaban J connectivity index is 2.28. The SMILES string of the molecule is COc1ccc(F)cc1C(N)C(C)(C)N1CCCCC1. The Bertz CT molecular complexity index is 456. The van der Waals surface area contributed by atoms with Crippen molar-refractivity contribution in [2.24, 2.45) is 5.73 Å². The molecule has 4 heteroatoms. The third-order valence-electron chi connectivity index (χ3n) is 4.46. The third-order valence-corrected chi connectivity index (χ3v) is 4.46. The first-order chi connectivity index (χ1) is 9.46. The zero-order chi connectivity index (χ0) is 14.8. The van der Waals surface area contributed by atoms with Crippen LogP contribution >= 0.6 is 0 Å². The minimum atomic E-state index is -0.286. The zero-order valence-electron chi connectivity index (χ0n) is 12.7. The molecule has 1 heterocycles. The summed E-state index contributed by atoms with van der Waals surface area (Å²) in [5.41, 5.74) is 6.98. The number of methoxy groups -OCH3 is 1. The molecule has 1 aromatic carbocycles. The van der Waals surface area contributed by atoms with Gasteiger partial charge in [0, 0.05) is 11.1 Å². The molecule has 1 aliphatic rings. The lowest BCUT2D eigenvalue weighted by atomic mass is 9.85. The molecule has 0 bridgehead atoms. The van der Waals surface area contributed by atoms with E-state index in [0.717, 1.165) is 18.7 Å². The Morgan fingerprint density at radius 2 is 1.90 bits per heavy atom. The molecule has 1 fully saturated rings. The quantitative estimate of drug-likeness (QED) is 0.921. The van der Waals surface area contributed by atoms with Crippen molar-refractivity contribution >= 4 is 0 Å². The summed E-state index contributed by atoms with van der Waals surface area (Å²) in [5.74, 6) is 0.384. The van der Waals surface area contributed by atoms with Crippen LogP contribution in [0.5, 0.6) is 5.75 Å². The van der Waals surface area contributed by atoms with Gasteiger partial charge in [0.05, 0.1) is 13.2 Å². The highest BCUT2D eigenvalue weighted by atomic mass is 19.1. The number of nitrogens with two attached hydrogens (primary N) is 1. The Hall–Kier alpha value is -1.13. The summed E-state index contributed by atoms with van der Waals surface area (Å²) in [6.45, 7) is 6.37. The monoisotopic (exact) mass is 280 g/mol. The summed E-state index contributed by atoms with van der Waals surface area (Å²) in [4.78, 5) is 2.41. The third kappa shape index (κ3) is 2.96. The van der Waals surface area contributed by atoms with Gasteiger partial charge in [-0.2, -0.15) is 0 Å². The lowest BCUT2D eigenvalue weighted by Gasteiger charge is -2.45. The van der Waals surface area contributed by atoms with E-state index in [1.54, 1.807) is 13.2 Å². The summed E-state index contributed by atoms with van der Waals surface area (Å²) in [5, 5.41) is 0. The number of nitrogens with zero attached hydrogens (tertiary/aromatic N) is 1. The predicted octanol–water partition coefficient (Wildman–Crippen LogP) is 3.10. The minimum Gasteiger partial charge on any atom is -0.496 e. The van der Waals surface area contributed by atoms with Crippen molar-refractivity contribution in [2.75, 3.05) is 20.2 Å². The molecule has 2 N–H and O–H groups in total. The van der Waals surface area contributed by atoms with Crippen LogP contribution in [0.4, 0.5) is 4.39 Å². The maximum absolute atomic E-state index is 13.5. The topological polar surface area (TPSA) is 38.5 Å². The van der Waals surface area contributed by atoms with Crippen molar-refractivity contribution in [1.29, 1.82) is 0 Å².